The van der Waals surface area contributed by atoms with Gasteiger partial charge in [0.2, 0.25) is 0 Å². The van der Waals surface area contributed by atoms with E-state index in [4.69, 9.17) is 5.73 Å². The van der Waals surface area contributed by atoms with E-state index in [9.17, 15) is 0 Å². The zero-order chi connectivity index (χ0) is 9.10. The second-order valence-corrected chi connectivity index (χ2v) is 4.39. The molecule has 2 aliphatic heterocycles. The minimum Gasteiger partial charge on any atom is -0.329 e. The van der Waals surface area contributed by atoms with E-state index in [-0.39, 0.29) is 0 Å². The van der Waals surface area contributed by atoms with Gasteiger partial charge in [0.1, 0.15) is 0 Å². The zero-order valence-electron chi connectivity index (χ0n) is 8.34. The lowest BCUT2D eigenvalue weighted by atomic mass is 9.81. The van der Waals surface area contributed by atoms with Crippen molar-refractivity contribution in [1.82, 2.24) is 10.2 Å². The second kappa shape index (κ2) is 4.40. The van der Waals surface area contributed by atoms with Crippen molar-refractivity contribution in [3.8, 4) is 0 Å². The van der Waals surface area contributed by atoms with Crippen molar-refractivity contribution >= 4 is 0 Å². The van der Waals surface area contributed by atoms with Gasteiger partial charge in [-0.25, -0.2) is 0 Å². The van der Waals surface area contributed by atoms with Crippen LogP contribution >= 0.6 is 0 Å². The summed E-state index contributed by atoms with van der Waals surface area (Å²) in [6.07, 6.45) is 2.79. The lowest BCUT2D eigenvalue weighted by molar-refractivity contribution is 0.0983. The molecule has 0 saturated carbocycles. The van der Waals surface area contributed by atoms with Crippen LogP contribution in [0.25, 0.3) is 0 Å². The number of piperidine rings is 2. The monoisotopic (exact) mass is 183 g/mol. The fourth-order valence-corrected chi connectivity index (χ4v) is 2.73. The van der Waals surface area contributed by atoms with Gasteiger partial charge in [0.15, 0.2) is 0 Å². The molecule has 2 rings (SSSR count). The van der Waals surface area contributed by atoms with Gasteiger partial charge in [-0.2, -0.15) is 0 Å². The summed E-state index contributed by atoms with van der Waals surface area (Å²) in [4.78, 5) is 2.52. The van der Waals surface area contributed by atoms with E-state index in [1.165, 1.54) is 39.0 Å². The molecule has 76 valence electrons. The van der Waals surface area contributed by atoms with Crippen LogP contribution in [0.1, 0.15) is 12.8 Å². The summed E-state index contributed by atoms with van der Waals surface area (Å²) in [7, 11) is 0. The van der Waals surface area contributed by atoms with Crippen LogP contribution in [0, 0.1) is 11.8 Å². The van der Waals surface area contributed by atoms with E-state index >= 15 is 0 Å². The molecular weight excluding hydrogens is 162 g/mol. The third-order valence-electron chi connectivity index (χ3n) is 3.52. The number of nitrogens with two attached hydrogens (primary N) is 1. The Morgan fingerprint density at radius 2 is 2.23 bits per heavy atom. The smallest absolute Gasteiger partial charge is 0.0105 e. The summed E-state index contributed by atoms with van der Waals surface area (Å²) in [5, 5.41) is 3.49. The van der Waals surface area contributed by atoms with E-state index in [1.54, 1.807) is 0 Å². The topological polar surface area (TPSA) is 41.3 Å². The largest absolute Gasteiger partial charge is 0.329 e. The van der Waals surface area contributed by atoms with Crippen molar-refractivity contribution < 1.29 is 0 Å². The summed E-state index contributed by atoms with van der Waals surface area (Å²) in [5.41, 5.74) is 5.57. The average molecular weight is 183 g/mol. The number of nitrogens with zero attached hydrogens (tertiary/aromatic N) is 1. The minimum atomic E-state index is 0.810. The van der Waals surface area contributed by atoms with Crippen molar-refractivity contribution in [3.05, 3.63) is 0 Å². The molecule has 2 atom stereocenters. The molecule has 0 aromatic carbocycles. The van der Waals surface area contributed by atoms with Crippen molar-refractivity contribution in [3.63, 3.8) is 0 Å². The second-order valence-electron chi connectivity index (χ2n) is 4.39. The fourth-order valence-electron chi connectivity index (χ4n) is 2.73. The van der Waals surface area contributed by atoms with Crippen molar-refractivity contribution in [2.24, 2.45) is 17.6 Å². The predicted octanol–water partition coefficient (Wildman–Crippen LogP) is -0.123. The SMILES string of the molecule is NCCN1CCC2CCNCC2C1. The number of fused-ring (bicyclic) bond motifs is 1. The normalized spacial score (nSPS) is 35.8. The molecule has 0 amide bonds. The van der Waals surface area contributed by atoms with Gasteiger partial charge in [-0.15, -0.1) is 0 Å². The Labute approximate surface area is 80.7 Å². The molecule has 2 heterocycles. The maximum absolute atomic E-state index is 5.57. The van der Waals surface area contributed by atoms with E-state index in [0.29, 0.717) is 0 Å². The molecule has 13 heavy (non-hydrogen) atoms. The molecular formula is C10H21N3. The van der Waals surface area contributed by atoms with Gasteiger partial charge in [0.05, 0.1) is 0 Å². The molecule has 3 N–H and O–H groups in total. The van der Waals surface area contributed by atoms with Gasteiger partial charge >= 0.3 is 0 Å². The lowest BCUT2D eigenvalue weighted by Crippen LogP contribution is -2.49. The third-order valence-corrected chi connectivity index (χ3v) is 3.52. The average Bonchev–Trinajstić information content (AvgIpc) is 2.18. The standard InChI is InChI=1S/C10H21N3/c11-3-6-13-5-2-9-1-4-12-7-10(9)8-13/h9-10,12H,1-8,11H2. The first kappa shape index (κ1) is 9.44. The van der Waals surface area contributed by atoms with Gasteiger partial charge in [0, 0.05) is 19.6 Å². The van der Waals surface area contributed by atoms with E-state index < -0.39 is 0 Å². The maximum atomic E-state index is 5.57. The molecule has 0 aliphatic carbocycles. The molecule has 2 aliphatic rings. The zero-order valence-corrected chi connectivity index (χ0v) is 8.34. The van der Waals surface area contributed by atoms with Gasteiger partial charge < -0.3 is 16.0 Å². The molecule has 0 aromatic heterocycles. The van der Waals surface area contributed by atoms with Gasteiger partial charge in [-0.1, -0.05) is 0 Å². The molecule has 0 spiro atoms. The quantitative estimate of drug-likeness (QED) is 0.627. The lowest BCUT2D eigenvalue weighted by Gasteiger charge is -2.41. The molecule has 2 unspecified atom stereocenters. The number of nitrogens with one attached hydrogen (secondary N) is 1. The van der Waals surface area contributed by atoms with E-state index in [2.05, 4.69) is 10.2 Å². The maximum Gasteiger partial charge on any atom is 0.0105 e. The number of hydrogen-bond donors (Lipinski definition) is 2. The first-order valence-electron chi connectivity index (χ1n) is 5.53. The van der Waals surface area contributed by atoms with Crippen LogP contribution in [0.2, 0.25) is 0 Å². The van der Waals surface area contributed by atoms with E-state index in [0.717, 1.165) is 24.9 Å². The van der Waals surface area contributed by atoms with Crippen molar-refractivity contribution in [2.45, 2.75) is 12.8 Å². The van der Waals surface area contributed by atoms with Crippen LogP contribution in [0.15, 0.2) is 0 Å². The van der Waals surface area contributed by atoms with Crippen LogP contribution < -0.4 is 11.1 Å². The first-order valence-corrected chi connectivity index (χ1v) is 5.53. The van der Waals surface area contributed by atoms with Crippen LogP contribution in [0.3, 0.4) is 0 Å². The van der Waals surface area contributed by atoms with Crippen LogP contribution in [0.4, 0.5) is 0 Å². The van der Waals surface area contributed by atoms with Gasteiger partial charge in [0.25, 0.3) is 0 Å². The van der Waals surface area contributed by atoms with Gasteiger partial charge in [-0.3, -0.25) is 0 Å². The molecule has 0 radical (unpaired) electrons. The van der Waals surface area contributed by atoms with E-state index in [1.807, 2.05) is 0 Å². The molecule has 3 nitrogen and oxygen atoms in total. The Bertz CT molecular complexity index is 160. The Balaban J connectivity index is 1.84. The van der Waals surface area contributed by atoms with Gasteiger partial charge in [-0.05, 0) is 44.3 Å². The Hall–Kier alpha value is -0.120. The number of likely N-dealkylation sites (tertiary alicyclic amines) is 1. The number of rotatable bonds is 2. The summed E-state index contributed by atoms with van der Waals surface area (Å²) in [6.45, 7) is 6.91. The van der Waals surface area contributed by atoms with Crippen LogP contribution in [-0.4, -0.2) is 44.2 Å². The summed E-state index contributed by atoms with van der Waals surface area (Å²) < 4.78 is 0. The summed E-state index contributed by atoms with van der Waals surface area (Å²) >= 11 is 0. The third kappa shape index (κ3) is 2.22. The predicted molar refractivity (Wildman–Crippen MR) is 54.6 cm³/mol. The van der Waals surface area contributed by atoms with Crippen LogP contribution in [0.5, 0.6) is 0 Å². The molecule has 3 heteroatoms. The summed E-state index contributed by atoms with van der Waals surface area (Å²) in [5.74, 6) is 1.89. The Kier molecular flexibility index (Phi) is 3.19. The molecule has 2 fully saturated rings. The fraction of sp³-hybridized carbons (Fsp3) is 1.00. The highest BCUT2D eigenvalue weighted by Crippen LogP contribution is 2.27. The molecule has 0 bridgehead atoms. The van der Waals surface area contributed by atoms with Crippen molar-refractivity contribution in [2.75, 3.05) is 39.3 Å². The molecule has 2 saturated heterocycles. The van der Waals surface area contributed by atoms with Crippen LogP contribution in [-0.2, 0) is 0 Å². The Morgan fingerprint density at radius 3 is 3.08 bits per heavy atom. The highest BCUT2D eigenvalue weighted by molar-refractivity contribution is 4.85. The minimum absolute atomic E-state index is 0.810. The molecule has 0 aromatic rings. The van der Waals surface area contributed by atoms with Crippen molar-refractivity contribution in [1.29, 1.82) is 0 Å². The Morgan fingerprint density at radius 1 is 1.31 bits per heavy atom. The summed E-state index contributed by atoms with van der Waals surface area (Å²) in [6, 6.07) is 0. The highest BCUT2D eigenvalue weighted by Gasteiger charge is 2.30. The first-order chi connectivity index (χ1) is 6.40. The number of hydrogen-bond acceptors (Lipinski definition) is 3. The highest BCUT2D eigenvalue weighted by atomic mass is 15.1.